The number of hydrogen-bond donors (Lipinski definition) is 2. The van der Waals surface area contributed by atoms with Crippen LogP contribution in [0.25, 0.3) is 0 Å². The summed E-state index contributed by atoms with van der Waals surface area (Å²) in [4.78, 5) is 0. The van der Waals surface area contributed by atoms with Gasteiger partial charge in [0.15, 0.2) is 11.6 Å². The minimum atomic E-state index is -1.03. The van der Waals surface area contributed by atoms with Crippen LogP contribution >= 0.6 is 0 Å². The van der Waals surface area contributed by atoms with Gasteiger partial charge in [-0.3, -0.25) is 5.41 Å². The Morgan fingerprint density at radius 2 is 2.13 bits per heavy atom. The van der Waals surface area contributed by atoms with E-state index in [1.54, 1.807) is 6.92 Å². The molecule has 0 heterocycles. The predicted octanol–water partition coefficient (Wildman–Crippen LogP) is 1.84. The molecule has 0 amide bonds. The molecule has 0 saturated heterocycles. The van der Waals surface area contributed by atoms with Crippen LogP contribution in [0.1, 0.15) is 12.5 Å². The van der Waals surface area contributed by atoms with Crippen molar-refractivity contribution in [2.24, 2.45) is 5.73 Å². The molecule has 1 aromatic carbocycles. The molecule has 15 heavy (non-hydrogen) atoms. The summed E-state index contributed by atoms with van der Waals surface area (Å²) in [7, 11) is 0. The average molecular weight is 214 g/mol. The van der Waals surface area contributed by atoms with Gasteiger partial charge in [0, 0.05) is 12.0 Å². The second kappa shape index (κ2) is 4.72. The molecule has 3 nitrogen and oxygen atoms in total. The number of rotatable bonds is 4. The summed E-state index contributed by atoms with van der Waals surface area (Å²) in [6, 6.07) is 2.36. The predicted molar refractivity (Wildman–Crippen MR) is 53.1 cm³/mol. The third-order valence-corrected chi connectivity index (χ3v) is 1.80. The van der Waals surface area contributed by atoms with Gasteiger partial charge in [-0.15, -0.1) is 0 Å². The van der Waals surface area contributed by atoms with Gasteiger partial charge in [-0.2, -0.15) is 4.39 Å². The lowest BCUT2D eigenvalue weighted by Crippen LogP contribution is -2.14. The number of benzene rings is 1. The number of nitrogens with two attached hydrogens (primary N) is 1. The van der Waals surface area contributed by atoms with Crippen LogP contribution in [-0.4, -0.2) is 12.4 Å². The van der Waals surface area contributed by atoms with E-state index in [9.17, 15) is 8.78 Å². The highest BCUT2D eigenvalue weighted by atomic mass is 19.2. The second-order valence-corrected chi connectivity index (χ2v) is 2.98. The first kappa shape index (κ1) is 11.4. The Labute approximate surface area is 86.4 Å². The smallest absolute Gasteiger partial charge is 0.200 e. The third kappa shape index (κ3) is 2.65. The summed E-state index contributed by atoms with van der Waals surface area (Å²) in [6.07, 6.45) is 0.0481. The molecule has 0 aliphatic heterocycles. The second-order valence-electron chi connectivity index (χ2n) is 2.98. The molecule has 0 atom stereocenters. The van der Waals surface area contributed by atoms with E-state index < -0.39 is 11.6 Å². The van der Waals surface area contributed by atoms with Gasteiger partial charge in [-0.25, -0.2) is 4.39 Å². The van der Waals surface area contributed by atoms with E-state index in [1.807, 2.05) is 0 Å². The molecule has 82 valence electrons. The van der Waals surface area contributed by atoms with Gasteiger partial charge in [0.1, 0.15) is 0 Å². The molecule has 1 rings (SSSR count). The summed E-state index contributed by atoms with van der Waals surface area (Å²) >= 11 is 0. The monoisotopic (exact) mass is 214 g/mol. The normalized spacial score (nSPS) is 10.1. The lowest BCUT2D eigenvalue weighted by molar-refractivity contribution is 0.311. The molecule has 0 bridgehead atoms. The maximum Gasteiger partial charge on any atom is 0.200 e. The number of halogens is 2. The first-order valence-corrected chi connectivity index (χ1v) is 4.48. The van der Waals surface area contributed by atoms with Crippen molar-refractivity contribution in [3.05, 3.63) is 29.3 Å². The molecule has 0 spiro atoms. The van der Waals surface area contributed by atoms with Crippen LogP contribution in [0.15, 0.2) is 12.1 Å². The van der Waals surface area contributed by atoms with E-state index in [1.165, 1.54) is 6.07 Å². The Morgan fingerprint density at radius 1 is 1.47 bits per heavy atom. The van der Waals surface area contributed by atoms with Crippen LogP contribution < -0.4 is 10.5 Å². The van der Waals surface area contributed by atoms with Gasteiger partial charge in [0.05, 0.1) is 12.4 Å². The Morgan fingerprint density at radius 3 is 2.67 bits per heavy atom. The highest BCUT2D eigenvalue weighted by molar-refractivity contribution is 5.80. The van der Waals surface area contributed by atoms with Crippen molar-refractivity contribution in [2.45, 2.75) is 13.3 Å². The van der Waals surface area contributed by atoms with E-state index >= 15 is 0 Å². The minimum absolute atomic E-state index is 0.0481. The largest absolute Gasteiger partial charge is 0.490 e. The van der Waals surface area contributed by atoms with E-state index in [-0.39, 0.29) is 24.6 Å². The fourth-order valence-electron chi connectivity index (χ4n) is 1.22. The van der Waals surface area contributed by atoms with Crippen molar-refractivity contribution < 1.29 is 13.5 Å². The van der Waals surface area contributed by atoms with Gasteiger partial charge in [0.2, 0.25) is 5.82 Å². The number of nitrogens with one attached hydrogen (secondary N) is 1. The van der Waals surface area contributed by atoms with Crippen LogP contribution in [-0.2, 0) is 6.42 Å². The fraction of sp³-hybridized carbons (Fsp3) is 0.300. The number of hydrogen-bond acceptors (Lipinski definition) is 2. The lowest BCUT2D eigenvalue weighted by Gasteiger charge is -2.10. The van der Waals surface area contributed by atoms with Gasteiger partial charge in [0.25, 0.3) is 0 Å². The quantitative estimate of drug-likeness (QED) is 0.593. The standard InChI is InChI=1S/C10H12F2N2O/c1-2-15-10-6(5-8(13)14)3-4-7(11)9(10)12/h3-4H,2,5H2,1H3,(H3,13,14). The topological polar surface area (TPSA) is 59.1 Å². The number of ether oxygens (including phenoxy) is 1. The minimum Gasteiger partial charge on any atom is -0.490 e. The molecule has 0 radical (unpaired) electrons. The molecule has 0 saturated carbocycles. The molecular weight excluding hydrogens is 202 g/mol. The van der Waals surface area contributed by atoms with Crippen LogP contribution in [0, 0.1) is 17.0 Å². The summed E-state index contributed by atoms with van der Waals surface area (Å²) in [6.45, 7) is 1.90. The Balaban J connectivity index is 3.14. The molecule has 1 aromatic rings. The molecular formula is C10H12F2N2O. The van der Waals surface area contributed by atoms with Gasteiger partial charge in [-0.1, -0.05) is 6.07 Å². The van der Waals surface area contributed by atoms with Crippen molar-refractivity contribution in [1.82, 2.24) is 0 Å². The van der Waals surface area contributed by atoms with Crippen LogP contribution in [0.3, 0.4) is 0 Å². The third-order valence-electron chi connectivity index (χ3n) is 1.80. The van der Waals surface area contributed by atoms with Gasteiger partial charge >= 0.3 is 0 Å². The maximum atomic E-state index is 13.3. The van der Waals surface area contributed by atoms with Crippen LogP contribution in [0.4, 0.5) is 8.78 Å². The molecule has 0 aliphatic carbocycles. The van der Waals surface area contributed by atoms with Gasteiger partial charge in [-0.05, 0) is 13.0 Å². The van der Waals surface area contributed by atoms with Crippen molar-refractivity contribution in [2.75, 3.05) is 6.61 Å². The maximum absolute atomic E-state index is 13.3. The Hall–Kier alpha value is -1.65. The summed E-state index contributed by atoms with van der Waals surface area (Å²) in [5.41, 5.74) is 5.57. The highest BCUT2D eigenvalue weighted by Crippen LogP contribution is 2.25. The van der Waals surface area contributed by atoms with E-state index in [4.69, 9.17) is 15.9 Å². The fourth-order valence-corrected chi connectivity index (χ4v) is 1.22. The van der Waals surface area contributed by atoms with Crippen molar-refractivity contribution in [3.8, 4) is 5.75 Å². The first-order valence-electron chi connectivity index (χ1n) is 4.48. The zero-order valence-corrected chi connectivity index (χ0v) is 8.31. The van der Waals surface area contributed by atoms with E-state index in [2.05, 4.69) is 0 Å². The molecule has 0 unspecified atom stereocenters. The Bertz CT molecular complexity index is 380. The summed E-state index contributed by atoms with van der Waals surface area (Å²) in [5, 5.41) is 7.09. The molecule has 0 fully saturated rings. The Kier molecular flexibility index (Phi) is 3.60. The number of amidine groups is 1. The molecule has 3 N–H and O–H groups in total. The van der Waals surface area contributed by atoms with Crippen molar-refractivity contribution in [3.63, 3.8) is 0 Å². The zero-order valence-electron chi connectivity index (χ0n) is 8.31. The highest BCUT2D eigenvalue weighted by Gasteiger charge is 2.14. The summed E-state index contributed by atoms with van der Waals surface area (Å²) in [5.74, 6) is -2.28. The van der Waals surface area contributed by atoms with Crippen molar-refractivity contribution >= 4 is 5.84 Å². The zero-order chi connectivity index (χ0) is 11.4. The lowest BCUT2D eigenvalue weighted by atomic mass is 10.1. The molecule has 5 heteroatoms. The van der Waals surface area contributed by atoms with E-state index in [0.717, 1.165) is 6.07 Å². The van der Waals surface area contributed by atoms with Crippen LogP contribution in [0.5, 0.6) is 5.75 Å². The summed E-state index contributed by atoms with van der Waals surface area (Å²) < 4.78 is 31.2. The van der Waals surface area contributed by atoms with Crippen LogP contribution in [0.2, 0.25) is 0 Å². The van der Waals surface area contributed by atoms with Gasteiger partial charge < -0.3 is 10.5 Å². The van der Waals surface area contributed by atoms with E-state index in [0.29, 0.717) is 5.56 Å². The first-order chi connectivity index (χ1) is 7.06. The average Bonchev–Trinajstić information content (AvgIpc) is 2.17. The SMILES string of the molecule is CCOc1c(CC(=N)N)ccc(F)c1F. The molecule has 0 aliphatic rings. The molecule has 0 aromatic heterocycles. The van der Waals surface area contributed by atoms with Crippen molar-refractivity contribution in [1.29, 1.82) is 5.41 Å².